The Hall–Kier alpha value is -1.46. The molecule has 0 bridgehead atoms. The normalized spacial score (nSPS) is 24.1. The zero-order valence-corrected chi connectivity index (χ0v) is 11.9. The van der Waals surface area contributed by atoms with E-state index in [9.17, 15) is 4.79 Å². The third-order valence-electron chi connectivity index (χ3n) is 4.20. The van der Waals surface area contributed by atoms with Crippen molar-refractivity contribution < 1.29 is 9.53 Å². The monoisotopic (exact) mass is 275 g/mol. The fourth-order valence-corrected chi connectivity index (χ4v) is 2.97. The average molecular weight is 275 g/mol. The van der Waals surface area contributed by atoms with Crippen molar-refractivity contribution in [2.24, 2.45) is 0 Å². The molecule has 0 amide bonds. The van der Waals surface area contributed by atoms with Crippen LogP contribution in [-0.2, 0) is 4.74 Å². The minimum Gasteiger partial charge on any atom is -0.379 e. The molecule has 1 unspecified atom stereocenters. The van der Waals surface area contributed by atoms with E-state index in [1.807, 2.05) is 12.1 Å². The molecule has 0 N–H and O–H groups in total. The van der Waals surface area contributed by atoms with Gasteiger partial charge in [-0.05, 0) is 25.5 Å². The summed E-state index contributed by atoms with van der Waals surface area (Å²) >= 11 is 0. The highest BCUT2D eigenvalue weighted by molar-refractivity contribution is 5.93. The van der Waals surface area contributed by atoms with Gasteiger partial charge in [-0.2, -0.15) is 0 Å². The molecule has 2 aliphatic rings. The molecule has 0 radical (unpaired) electrons. The van der Waals surface area contributed by atoms with Crippen LogP contribution < -0.4 is 4.90 Å². The number of ether oxygens (including phenoxy) is 1. The van der Waals surface area contributed by atoms with Crippen LogP contribution in [0.5, 0.6) is 0 Å². The van der Waals surface area contributed by atoms with Gasteiger partial charge in [-0.25, -0.2) is 4.98 Å². The van der Waals surface area contributed by atoms with E-state index < -0.39 is 0 Å². The Kier molecular flexibility index (Phi) is 3.98. The van der Waals surface area contributed by atoms with Gasteiger partial charge in [0.05, 0.1) is 13.2 Å². The molecular formula is C15H21N3O2. The maximum absolute atomic E-state index is 11.3. The molecule has 0 spiro atoms. The minimum absolute atomic E-state index is 0.0664. The second kappa shape index (κ2) is 5.89. The van der Waals surface area contributed by atoms with E-state index in [4.69, 9.17) is 4.74 Å². The number of aromatic nitrogens is 1. The highest BCUT2D eigenvalue weighted by Crippen LogP contribution is 2.22. The number of anilines is 1. The van der Waals surface area contributed by atoms with Gasteiger partial charge < -0.3 is 9.64 Å². The van der Waals surface area contributed by atoms with Crippen LogP contribution in [0.2, 0.25) is 0 Å². The van der Waals surface area contributed by atoms with Crippen molar-refractivity contribution in [2.75, 3.05) is 44.3 Å². The molecule has 20 heavy (non-hydrogen) atoms. The average Bonchev–Trinajstić information content (AvgIpc) is 2.98. The van der Waals surface area contributed by atoms with E-state index in [0.29, 0.717) is 11.6 Å². The summed E-state index contributed by atoms with van der Waals surface area (Å²) in [5.74, 6) is 1.04. The molecule has 1 atom stereocenters. The summed E-state index contributed by atoms with van der Waals surface area (Å²) in [7, 11) is 0. The molecule has 2 aliphatic heterocycles. The number of carbonyl (C=O) groups excluding carboxylic acids is 1. The van der Waals surface area contributed by atoms with Crippen LogP contribution in [0, 0.1) is 0 Å². The van der Waals surface area contributed by atoms with Crippen molar-refractivity contribution in [3.05, 3.63) is 23.9 Å². The van der Waals surface area contributed by atoms with E-state index >= 15 is 0 Å². The Morgan fingerprint density at radius 1 is 1.30 bits per heavy atom. The first-order valence-corrected chi connectivity index (χ1v) is 7.28. The van der Waals surface area contributed by atoms with Gasteiger partial charge in [-0.3, -0.25) is 9.69 Å². The highest BCUT2D eigenvalue weighted by atomic mass is 16.5. The fourth-order valence-electron chi connectivity index (χ4n) is 2.97. The van der Waals surface area contributed by atoms with E-state index in [-0.39, 0.29) is 5.78 Å². The SMILES string of the molecule is CC(=O)c1ccc(N2CCC(N3CCOCC3)C2)nc1. The molecule has 5 nitrogen and oxygen atoms in total. The third kappa shape index (κ3) is 2.83. The lowest BCUT2D eigenvalue weighted by molar-refractivity contribution is 0.0209. The van der Waals surface area contributed by atoms with Gasteiger partial charge in [0.25, 0.3) is 0 Å². The Bertz CT molecular complexity index is 469. The smallest absolute Gasteiger partial charge is 0.161 e. The van der Waals surface area contributed by atoms with Crippen LogP contribution >= 0.6 is 0 Å². The van der Waals surface area contributed by atoms with Gasteiger partial charge in [-0.15, -0.1) is 0 Å². The summed E-state index contributed by atoms with van der Waals surface area (Å²) in [5, 5.41) is 0. The second-order valence-corrected chi connectivity index (χ2v) is 5.50. The number of hydrogen-bond donors (Lipinski definition) is 0. The predicted octanol–water partition coefficient (Wildman–Crippen LogP) is 1.20. The third-order valence-corrected chi connectivity index (χ3v) is 4.20. The quantitative estimate of drug-likeness (QED) is 0.776. The Morgan fingerprint density at radius 3 is 2.75 bits per heavy atom. The summed E-state index contributed by atoms with van der Waals surface area (Å²) in [6.07, 6.45) is 2.86. The summed E-state index contributed by atoms with van der Waals surface area (Å²) < 4.78 is 5.41. The molecule has 2 fully saturated rings. The Balaban J connectivity index is 1.62. The maximum Gasteiger partial charge on any atom is 0.161 e. The molecule has 1 aromatic rings. The lowest BCUT2D eigenvalue weighted by atomic mass is 10.2. The second-order valence-electron chi connectivity index (χ2n) is 5.50. The molecular weight excluding hydrogens is 254 g/mol. The number of carbonyl (C=O) groups is 1. The molecule has 3 rings (SSSR count). The van der Waals surface area contributed by atoms with Crippen molar-refractivity contribution in [1.29, 1.82) is 0 Å². The number of ketones is 1. The minimum atomic E-state index is 0.0664. The number of rotatable bonds is 3. The Labute approximate surface area is 119 Å². The topological polar surface area (TPSA) is 45.7 Å². The molecule has 0 aliphatic carbocycles. The molecule has 5 heteroatoms. The van der Waals surface area contributed by atoms with Crippen LogP contribution in [0.1, 0.15) is 23.7 Å². The summed E-state index contributed by atoms with van der Waals surface area (Å²) in [6, 6.07) is 4.43. The lowest BCUT2D eigenvalue weighted by Crippen LogP contribution is -2.44. The van der Waals surface area contributed by atoms with E-state index in [0.717, 1.165) is 45.2 Å². The maximum atomic E-state index is 11.3. The van der Waals surface area contributed by atoms with Gasteiger partial charge >= 0.3 is 0 Å². The van der Waals surface area contributed by atoms with E-state index in [1.54, 1.807) is 13.1 Å². The Morgan fingerprint density at radius 2 is 2.10 bits per heavy atom. The van der Waals surface area contributed by atoms with Crippen LogP contribution in [0.3, 0.4) is 0 Å². The highest BCUT2D eigenvalue weighted by Gasteiger charge is 2.29. The van der Waals surface area contributed by atoms with Crippen LogP contribution in [0.15, 0.2) is 18.3 Å². The van der Waals surface area contributed by atoms with Gasteiger partial charge in [0.15, 0.2) is 5.78 Å². The predicted molar refractivity (Wildman–Crippen MR) is 77.3 cm³/mol. The largest absolute Gasteiger partial charge is 0.379 e. The first-order chi connectivity index (χ1) is 9.74. The van der Waals surface area contributed by atoms with Crippen molar-refractivity contribution >= 4 is 11.6 Å². The van der Waals surface area contributed by atoms with E-state index in [1.165, 1.54) is 6.42 Å². The molecule has 0 aromatic carbocycles. The van der Waals surface area contributed by atoms with Gasteiger partial charge in [-0.1, -0.05) is 0 Å². The molecule has 3 heterocycles. The van der Waals surface area contributed by atoms with Crippen molar-refractivity contribution in [3.8, 4) is 0 Å². The number of pyridine rings is 1. The summed E-state index contributed by atoms with van der Waals surface area (Å²) in [5.41, 5.74) is 0.678. The molecule has 108 valence electrons. The summed E-state index contributed by atoms with van der Waals surface area (Å²) in [6.45, 7) is 7.40. The summed E-state index contributed by atoms with van der Waals surface area (Å²) in [4.78, 5) is 20.5. The zero-order valence-electron chi connectivity index (χ0n) is 11.9. The van der Waals surface area contributed by atoms with Crippen molar-refractivity contribution in [2.45, 2.75) is 19.4 Å². The van der Waals surface area contributed by atoms with E-state index in [2.05, 4.69) is 14.8 Å². The number of Topliss-reactive ketones (excluding diaryl/α,β-unsaturated/α-hetero) is 1. The van der Waals surface area contributed by atoms with Gasteiger partial charge in [0.2, 0.25) is 0 Å². The molecule has 0 saturated carbocycles. The zero-order chi connectivity index (χ0) is 13.9. The van der Waals surface area contributed by atoms with Gasteiger partial charge in [0, 0.05) is 44.0 Å². The van der Waals surface area contributed by atoms with Crippen LogP contribution in [-0.4, -0.2) is 61.1 Å². The van der Waals surface area contributed by atoms with Crippen LogP contribution in [0.25, 0.3) is 0 Å². The number of nitrogens with zero attached hydrogens (tertiary/aromatic N) is 3. The number of morpholine rings is 1. The fraction of sp³-hybridized carbons (Fsp3) is 0.600. The molecule has 1 aromatic heterocycles. The van der Waals surface area contributed by atoms with Crippen molar-refractivity contribution in [3.63, 3.8) is 0 Å². The first kappa shape index (κ1) is 13.5. The number of hydrogen-bond acceptors (Lipinski definition) is 5. The lowest BCUT2D eigenvalue weighted by Gasteiger charge is -2.32. The van der Waals surface area contributed by atoms with Crippen molar-refractivity contribution in [1.82, 2.24) is 9.88 Å². The standard InChI is InChI=1S/C15H21N3O2/c1-12(19)13-2-3-15(16-10-13)18-5-4-14(11-18)17-6-8-20-9-7-17/h2-3,10,14H,4-9,11H2,1H3. The first-order valence-electron chi connectivity index (χ1n) is 7.28. The molecule has 2 saturated heterocycles. The van der Waals surface area contributed by atoms with Gasteiger partial charge in [0.1, 0.15) is 5.82 Å². The van der Waals surface area contributed by atoms with Crippen LogP contribution in [0.4, 0.5) is 5.82 Å².